The van der Waals surface area contributed by atoms with Gasteiger partial charge in [0.1, 0.15) is 6.17 Å². The molecule has 3 atom stereocenters. The Bertz CT molecular complexity index is 684. The van der Waals surface area contributed by atoms with Gasteiger partial charge in [-0.05, 0) is 53.9 Å². The van der Waals surface area contributed by atoms with Gasteiger partial charge in [0.15, 0.2) is 0 Å². The van der Waals surface area contributed by atoms with Gasteiger partial charge in [0.05, 0.1) is 6.10 Å². The molecule has 0 spiro atoms. The second-order valence-corrected chi connectivity index (χ2v) is 6.60. The first-order chi connectivity index (χ1) is 12.1. The fraction of sp³-hybridized carbons (Fsp3) is 0.429. The van der Waals surface area contributed by atoms with Gasteiger partial charge in [-0.25, -0.2) is 4.39 Å². The van der Waals surface area contributed by atoms with Gasteiger partial charge in [-0.3, -0.25) is 0 Å². The van der Waals surface area contributed by atoms with Gasteiger partial charge in [-0.2, -0.15) is 8.78 Å². The van der Waals surface area contributed by atoms with Crippen LogP contribution in [0.15, 0.2) is 48.5 Å². The van der Waals surface area contributed by atoms with Gasteiger partial charge in [-0.15, -0.1) is 0 Å². The van der Waals surface area contributed by atoms with Crippen LogP contribution in [0.5, 0.6) is 0 Å². The molecule has 0 aliphatic heterocycles. The molecule has 1 aliphatic carbocycles. The molecule has 1 fully saturated rings. The van der Waals surface area contributed by atoms with Crippen molar-refractivity contribution in [3.05, 3.63) is 59.7 Å². The molecule has 0 aromatic heterocycles. The van der Waals surface area contributed by atoms with E-state index in [4.69, 9.17) is 0 Å². The van der Waals surface area contributed by atoms with E-state index in [9.17, 15) is 13.2 Å². The van der Waals surface area contributed by atoms with Crippen LogP contribution in [0.1, 0.15) is 43.2 Å². The lowest BCUT2D eigenvalue weighted by Gasteiger charge is -2.32. The van der Waals surface area contributed by atoms with Gasteiger partial charge in [0.25, 0.3) is 0 Å². The summed E-state index contributed by atoms with van der Waals surface area (Å²) < 4.78 is 43.5. The average Bonchev–Trinajstić information content (AvgIpc) is 2.63. The maximum atomic E-state index is 14.3. The molecule has 2 aromatic carbocycles. The monoisotopic (exact) mass is 348 g/mol. The van der Waals surface area contributed by atoms with Crippen LogP contribution in [-0.2, 0) is 11.2 Å². The summed E-state index contributed by atoms with van der Waals surface area (Å²) in [6, 6.07) is 16.4. The van der Waals surface area contributed by atoms with Crippen molar-refractivity contribution in [2.24, 2.45) is 0 Å². The van der Waals surface area contributed by atoms with Crippen LogP contribution in [0.4, 0.5) is 13.2 Å². The lowest BCUT2D eigenvalue weighted by molar-refractivity contribution is -0.186. The first-order valence-corrected chi connectivity index (χ1v) is 8.84. The molecule has 4 heteroatoms. The summed E-state index contributed by atoms with van der Waals surface area (Å²) in [6.45, 7) is -0.797. The van der Waals surface area contributed by atoms with E-state index in [1.165, 1.54) is 5.56 Å². The zero-order valence-corrected chi connectivity index (χ0v) is 14.3. The third-order valence-electron chi connectivity index (χ3n) is 5.06. The van der Waals surface area contributed by atoms with Crippen LogP contribution in [0.25, 0.3) is 11.1 Å². The molecule has 0 radical (unpaired) electrons. The van der Waals surface area contributed by atoms with E-state index in [-0.39, 0.29) is 12.3 Å². The predicted octanol–water partition coefficient (Wildman–Crippen LogP) is 6.13. The molecule has 1 nitrogen and oxygen atoms in total. The Morgan fingerprint density at radius 1 is 1.04 bits per heavy atom. The minimum absolute atomic E-state index is 0.0228. The molecular formula is C21H23F3O. The van der Waals surface area contributed by atoms with Crippen LogP contribution in [0.2, 0.25) is 0 Å². The Hall–Kier alpha value is -1.81. The standard InChI is InChI=1S/C21H23F3O/c1-2-14-7-9-15(10-8-14)17-5-3-4-6-18(17)16-11-12-20(19(22)13-16)25-21(23)24/h3-10,16,19-21H,2,11-13H2,1H3. The van der Waals surface area contributed by atoms with E-state index in [2.05, 4.69) is 35.9 Å². The molecule has 134 valence electrons. The van der Waals surface area contributed by atoms with Crippen LogP contribution in [-0.4, -0.2) is 18.9 Å². The van der Waals surface area contributed by atoms with E-state index in [0.717, 1.165) is 23.1 Å². The molecule has 3 unspecified atom stereocenters. The zero-order chi connectivity index (χ0) is 17.8. The van der Waals surface area contributed by atoms with Crippen molar-refractivity contribution in [1.82, 2.24) is 0 Å². The molecule has 25 heavy (non-hydrogen) atoms. The van der Waals surface area contributed by atoms with E-state index >= 15 is 0 Å². The summed E-state index contributed by atoms with van der Waals surface area (Å²) in [6.07, 6.45) is -0.169. The third kappa shape index (κ3) is 4.24. The van der Waals surface area contributed by atoms with E-state index in [0.29, 0.717) is 12.8 Å². The number of alkyl halides is 3. The van der Waals surface area contributed by atoms with Crippen molar-refractivity contribution in [1.29, 1.82) is 0 Å². The highest BCUT2D eigenvalue weighted by atomic mass is 19.3. The Labute approximate surface area is 146 Å². The molecule has 1 saturated carbocycles. The van der Waals surface area contributed by atoms with Crippen molar-refractivity contribution < 1.29 is 17.9 Å². The average molecular weight is 348 g/mol. The minimum Gasteiger partial charge on any atom is -0.317 e. The van der Waals surface area contributed by atoms with Crippen LogP contribution in [0.3, 0.4) is 0 Å². The van der Waals surface area contributed by atoms with Gasteiger partial charge in [0.2, 0.25) is 0 Å². The van der Waals surface area contributed by atoms with Crippen LogP contribution in [0, 0.1) is 0 Å². The topological polar surface area (TPSA) is 9.23 Å². The van der Waals surface area contributed by atoms with Crippen LogP contribution < -0.4 is 0 Å². The highest BCUT2D eigenvalue weighted by Crippen LogP contribution is 2.40. The Balaban J connectivity index is 1.81. The Morgan fingerprint density at radius 2 is 1.76 bits per heavy atom. The molecule has 0 heterocycles. The highest BCUT2D eigenvalue weighted by Gasteiger charge is 2.34. The smallest absolute Gasteiger partial charge is 0.317 e. The molecule has 2 aromatic rings. The summed E-state index contributed by atoms with van der Waals surface area (Å²) >= 11 is 0. The summed E-state index contributed by atoms with van der Waals surface area (Å²) in [5, 5.41) is 0. The lowest BCUT2D eigenvalue weighted by atomic mass is 9.79. The third-order valence-corrected chi connectivity index (χ3v) is 5.06. The lowest BCUT2D eigenvalue weighted by Crippen LogP contribution is -2.33. The summed E-state index contributed by atoms with van der Waals surface area (Å²) in [4.78, 5) is 0. The molecule has 0 N–H and O–H groups in total. The summed E-state index contributed by atoms with van der Waals surface area (Å²) in [7, 11) is 0. The predicted molar refractivity (Wildman–Crippen MR) is 93.6 cm³/mol. The largest absolute Gasteiger partial charge is 0.345 e. The summed E-state index contributed by atoms with van der Waals surface area (Å²) in [5.74, 6) is 0.0228. The van der Waals surface area contributed by atoms with Gasteiger partial charge >= 0.3 is 6.61 Å². The Kier molecular flexibility index (Phi) is 5.79. The number of halogens is 3. The van der Waals surface area contributed by atoms with Gasteiger partial charge in [0, 0.05) is 0 Å². The number of aryl methyl sites for hydroxylation is 1. The zero-order valence-electron chi connectivity index (χ0n) is 14.3. The van der Waals surface area contributed by atoms with E-state index in [1.807, 2.05) is 24.3 Å². The van der Waals surface area contributed by atoms with Crippen LogP contribution >= 0.6 is 0 Å². The fourth-order valence-electron chi connectivity index (χ4n) is 3.69. The number of benzene rings is 2. The molecule has 0 saturated heterocycles. The molecule has 1 aliphatic rings. The van der Waals surface area contributed by atoms with E-state index in [1.54, 1.807) is 0 Å². The molecule has 3 rings (SSSR count). The maximum absolute atomic E-state index is 14.3. The first kappa shape index (κ1) is 18.0. The Morgan fingerprint density at radius 3 is 2.40 bits per heavy atom. The molecule has 0 amide bonds. The SMILES string of the molecule is CCc1ccc(-c2ccccc2C2CCC(OC(F)F)C(F)C2)cc1. The molecule has 0 bridgehead atoms. The summed E-state index contributed by atoms with van der Waals surface area (Å²) in [5.41, 5.74) is 4.56. The second-order valence-electron chi connectivity index (χ2n) is 6.60. The van der Waals surface area contributed by atoms with Gasteiger partial charge in [-0.1, -0.05) is 55.5 Å². The number of hydrogen-bond donors (Lipinski definition) is 0. The van der Waals surface area contributed by atoms with Crippen molar-refractivity contribution in [3.63, 3.8) is 0 Å². The first-order valence-electron chi connectivity index (χ1n) is 8.84. The fourth-order valence-corrected chi connectivity index (χ4v) is 3.69. The maximum Gasteiger partial charge on any atom is 0.345 e. The van der Waals surface area contributed by atoms with Crippen molar-refractivity contribution >= 4 is 0 Å². The number of rotatable bonds is 5. The minimum atomic E-state index is -2.91. The normalized spacial score (nSPS) is 23.8. The van der Waals surface area contributed by atoms with E-state index < -0.39 is 18.9 Å². The van der Waals surface area contributed by atoms with Crippen molar-refractivity contribution in [2.45, 2.75) is 57.4 Å². The quantitative estimate of drug-likeness (QED) is 0.631. The molecular weight excluding hydrogens is 325 g/mol. The number of ether oxygens (including phenoxy) is 1. The van der Waals surface area contributed by atoms with Crippen molar-refractivity contribution in [2.75, 3.05) is 0 Å². The number of hydrogen-bond acceptors (Lipinski definition) is 1. The highest BCUT2D eigenvalue weighted by molar-refractivity contribution is 5.68. The van der Waals surface area contributed by atoms with Crippen molar-refractivity contribution in [3.8, 4) is 11.1 Å². The second kappa shape index (κ2) is 8.05. The van der Waals surface area contributed by atoms with Gasteiger partial charge < -0.3 is 4.74 Å².